The molecule has 0 aromatic rings. The molecule has 6 aliphatic heterocycles. The largest absolute Gasteiger partial charge is 0.479 e. The first-order valence-corrected chi connectivity index (χ1v) is 22.1. The van der Waals surface area contributed by atoms with Gasteiger partial charge < -0.3 is 154 Å². The van der Waals surface area contributed by atoms with Crippen LogP contribution in [0, 0.1) is 0 Å². The lowest BCUT2D eigenvalue weighted by Gasteiger charge is -2.50. The van der Waals surface area contributed by atoms with Crippen molar-refractivity contribution in [3.05, 3.63) is 0 Å². The van der Waals surface area contributed by atoms with Crippen molar-refractivity contribution in [3.8, 4) is 0 Å². The van der Waals surface area contributed by atoms with Crippen LogP contribution in [0.1, 0.15) is 6.92 Å². The number of carbonyl (C=O) groups excluding carboxylic acids is 1. The Bertz CT molecular complexity index is 1790. The lowest BCUT2D eigenvalue weighted by atomic mass is 9.94. The molecule has 6 aliphatic rings. The smallest absolute Gasteiger partial charge is 0.335 e. The van der Waals surface area contributed by atoms with Crippen molar-refractivity contribution in [2.75, 3.05) is 26.4 Å². The summed E-state index contributed by atoms with van der Waals surface area (Å²) in [6.07, 6.45) is -60.6. The minimum absolute atomic E-state index is 0.892. The highest BCUT2D eigenvalue weighted by Gasteiger charge is 2.59. The molecule has 0 unspecified atom stereocenters. The average Bonchev–Trinajstić information content (AvgIpc) is 3.33. The van der Waals surface area contributed by atoms with Crippen molar-refractivity contribution in [3.63, 3.8) is 0 Å². The van der Waals surface area contributed by atoms with E-state index in [4.69, 9.17) is 52.1 Å². The molecule has 6 fully saturated rings. The zero-order chi connectivity index (χ0) is 53.4. The van der Waals surface area contributed by atoms with Crippen LogP contribution in [0.3, 0.4) is 0 Å². The van der Waals surface area contributed by atoms with Gasteiger partial charge in [0.1, 0.15) is 134 Å². The van der Waals surface area contributed by atoms with Crippen LogP contribution in [-0.2, 0) is 66.5 Å². The van der Waals surface area contributed by atoms with Crippen LogP contribution in [0.4, 0.5) is 0 Å². The Balaban J connectivity index is 1.19. The highest BCUT2D eigenvalue weighted by Crippen LogP contribution is 2.37. The zero-order valence-electron chi connectivity index (χ0n) is 37.4. The molecule has 30 atom stereocenters. The summed E-state index contributed by atoms with van der Waals surface area (Å²) in [7, 11) is 0. The van der Waals surface area contributed by atoms with Gasteiger partial charge >= 0.3 is 11.9 Å². The second-order valence-corrected chi connectivity index (χ2v) is 17.6. The number of nitrogens with one attached hydrogen (secondary N) is 1. The highest BCUT2D eigenvalue weighted by atomic mass is 16.8. The lowest BCUT2D eigenvalue weighted by Crippen LogP contribution is -2.70. The maximum atomic E-state index is 12.5. The number of aliphatic carboxylic acids is 2. The normalized spacial score (nSPS) is 50.2. The van der Waals surface area contributed by atoms with Gasteiger partial charge in [-0.3, -0.25) is 4.79 Å². The Kier molecular flexibility index (Phi) is 19.9. The van der Waals surface area contributed by atoms with Gasteiger partial charge in [-0.15, -0.1) is 0 Å². The second kappa shape index (κ2) is 24.5. The van der Waals surface area contributed by atoms with Crippen LogP contribution in [0.2, 0.25) is 0 Å². The van der Waals surface area contributed by atoms with Gasteiger partial charge in [0.25, 0.3) is 0 Å². The first-order chi connectivity index (χ1) is 33.9. The molecule has 416 valence electrons. The van der Waals surface area contributed by atoms with Gasteiger partial charge in [-0.25, -0.2) is 9.59 Å². The summed E-state index contributed by atoms with van der Waals surface area (Å²) in [5, 5.41) is 202. The van der Waals surface area contributed by atoms with E-state index in [1.807, 2.05) is 0 Å². The molecular formula is C38H61NO33. The van der Waals surface area contributed by atoms with Crippen LogP contribution in [-0.4, -0.2) is 325 Å². The third-order valence-corrected chi connectivity index (χ3v) is 12.8. The molecular weight excluding hydrogens is 998 g/mol. The van der Waals surface area contributed by atoms with Gasteiger partial charge in [0.05, 0.1) is 26.4 Å². The third-order valence-electron chi connectivity index (χ3n) is 12.8. The number of rotatable bonds is 17. The fourth-order valence-electron chi connectivity index (χ4n) is 8.85. The van der Waals surface area contributed by atoms with E-state index in [0.717, 1.165) is 6.92 Å². The number of hydrogen-bond acceptors (Lipinski definition) is 31. The van der Waals surface area contributed by atoms with E-state index in [2.05, 4.69) is 5.32 Å². The summed E-state index contributed by atoms with van der Waals surface area (Å²) in [5.41, 5.74) is 0. The minimum Gasteiger partial charge on any atom is -0.479 e. The van der Waals surface area contributed by atoms with Gasteiger partial charge in [-0.05, 0) is 0 Å². The van der Waals surface area contributed by atoms with Crippen molar-refractivity contribution < 1.29 is 164 Å². The molecule has 6 saturated heterocycles. The summed E-state index contributed by atoms with van der Waals surface area (Å²) in [6.45, 7) is -3.18. The Hall–Kier alpha value is -2.71. The summed E-state index contributed by atoms with van der Waals surface area (Å²) in [6, 6.07) is -1.91. The second-order valence-electron chi connectivity index (χ2n) is 17.6. The van der Waals surface area contributed by atoms with Crippen LogP contribution in [0.5, 0.6) is 0 Å². The van der Waals surface area contributed by atoms with Crippen molar-refractivity contribution in [1.82, 2.24) is 5.32 Å². The molecule has 0 bridgehead atoms. The predicted octanol–water partition coefficient (Wildman–Crippen LogP) is -13.8. The summed E-state index contributed by atoms with van der Waals surface area (Å²) in [5.74, 6) is -4.75. The number of aliphatic hydroxyl groups excluding tert-OH is 17. The fourth-order valence-corrected chi connectivity index (χ4v) is 8.85. The molecule has 20 N–H and O–H groups in total. The molecule has 0 radical (unpaired) electrons. The van der Waals surface area contributed by atoms with Crippen LogP contribution >= 0.6 is 0 Å². The first-order valence-electron chi connectivity index (χ1n) is 22.1. The molecule has 34 nitrogen and oxygen atoms in total. The molecule has 6 heterocycles. The van der Waals surface area contributed by atoms with Gasteiger partial charge in [-0.2, -0.15) is 0 Å². The maximum absolute atomic E-state index is 12.5. The van der Waals surface area contributed by atoms with Gasteiger partial charge in [0.15, 0.2) is 49.9 Å². The van der Waals surface area contributed by atoms with Crippen molar-refractivity contribution in [2.24, 2.45) is 0 Å². The predicted molar refractivity (Wildman–Crippen MR) is 212 cm³/mol. The van der Waals surface area contributed by atoms with Gasteiger partial charge in [0, 0.05) is 6.92 Å². The minimum atomic E-state index is -2.42. The molecule has 0 aromatic heterocycles. The summed E-state index contributed by atoms with van der Waals surface area (Å²) >= 11 is 0. The molecule has 72 heavy (non-hydrogen) atoms. The summed E-state index contributed by atoms with van der Waals surface area (Å²) < 4.78 is 60.2. The quantitative estimate of drug-likeness (QED) is 0.0643. The number of aliphatic hydroxyl groups is 17. The standard InChI is InChI=1S/C38H61NO33/c1-6(44)39-11-15(48)24(10(5-43)65-34(11)70-28-18(51)21(54)36(72-30(28)32(59)60)71-27-17(50)19(52)33(61)66-29(27)31(57)58)67-37-22(55)26(14(47)8(3-41)63-37)69-38-23(56)25(13(46)9(4-42)64-38)68-35-20(53)16(49)12(45)7(2-40)62-35/h7-30,33-38,40-43,45-56,61H,2-5H2,1H3,(H,39,44)(H,57,58)(H,59,60)/t7-,8-,9-,10-,11-,12+,13-,14-,15-,16+,17-,18-,19-,20-,21-,22-,23+,24-,25+,26+,27+,28+,29+,30+,33+,34-,35-,36-,37+,38-/m1/s1. The number of carbonyl (C=O) groups is 3. The molecule has 34 heteroatoms. The highest BCUT2D eigenvalue weighted by molar-refractivity contribution is 5.74. The Morgan fingerprint density at radius 3 is 1.19 bits per heavy atom. The average molecular weight is 1060 g/mol. The molecule has 0 spiro atoms. The molecule has 0 saturated carbocycles. The van der Waals surface area contributed by atoms with E-state index in [1.165, 1.54) is 0 Å². The van der Waals surface area contributed by atoms with E-state index in [9.17, 15) is 111 Å². The molecule has 1 amide bonds. The van der Waals surface area contributed by atoms with Gasteiger partial charge in [-0.1, -0.05) is 0 Å². The van der Waals surface area contributed by atoms with E-state index in [-0.39, 0.29) is 0 Å². The van der Waals surface area contributed by atoms with Crippen molar-refractivity contribution in [1.29, 1.82) is 0 Å². The van der Waals surface area contributed by atoms with E-state index < -0.39 is 228 Å². The van der Waals surface area contributed by atoms with Crippen molar-refractivity contribution in [2.45, 2.75) is 191 Å². The number of ether oxygens (including phenoxy) is 11. The van der Waals surface area contributed by atoms with Crippen LogP contribution < -0.4 is 5.32 Å². The Morgan fingerprint density at radius 2 is 0.736 bits per heavy atom. The SMILES string of the molecule is CC(=O)N[C@H]1[C@@H](O[C@H]2[C@H](O)[C@@H](O)[C@H](O[C@H]3[C@H](O)[C@@H](O)[C@@H](O)O[C@@H]3C(=O)O)O[C@@H]2C(=O)O)O[C@H](CO)[C@@H](O[C@@H]2O[C@H](CO)[C@@H](O)[C@H](O[C@H]3O[C@H](CO)[C@@H](O)[C@H](O[C@H]4O[C@H](CO)[C@H](O)[C@H](O)[C@H]4O)[C@@H]3O)[C@H]2O)[C@@H]1O. The van der Waals surface area contributed by atoms with E-state index in [1.54, 1.807) is 0 Å². The van der Waals surface area contributed by atoms with Crippen molar-refractivity contribution >= 4 is 17.8 Å². The van der Waals surface area contributed by atoms with Crippen LogP contribution in [0.25, 0.3) is 0 Å². The van der Waals surface area contributed by atoms with Crippen LogP contribution in [0.15, 0.2) is 0 Å². The summed E-state index contributed by atoms with van der Waals surface area (Å²) in [4.78, 5) is 36.9. The van der Waals surface area contributed by atoms with Gasteiger partial charge in [0.2, 0.25) is 5.91 Å². The van der Waals surface area contributed by atoms with E-state index in [0.29, 0.717) is 0 Å². The molecule has 6 rings (SSSR count). The number of carboxylic acids is 2. The molecule has 0 aliphatic carbocycles. The third kappa shape index (κ3) is 12.0. The van der Waals surface area contributed by atoms with E-state index >= 15 is 0 Å². The number of hydrogen-bond donors (Lipinski definition) is 20. The monoisotopic (exact) mass is 1060 g/mol. The zero-order valence-corrected chi connectivity index (χ0v) is 37.4. The fraction of sp³-hybridized carbons (Fsp3) is 0.921. The lowest BCUT2D eigenvalue weighted by molar-refractivity contribution is -0.391. The number of amides is 1. The Morgan fingerprint density at radius 1 is 0.375 bits per heavy atom. The number of carboxylic acid groups (broad SMARTS) is 2. The topological polar surface area (TPSA) is 549 Å². The molecule has 0 aromatic carbocycles. The maximum Gasteiger partial charge on any atom is 0.335 e. The first kappa shape index (κ1) is 58.5. The Labute approximate surface area is 404 Å².